The number of benzene rings is 2. The van der Waals surface area contributed by atoms with Gasteiger partial charge in [0.1, 0.15) is 0 Å². The van der Waals surface area contributed by atoms with Crippen molar-refractivity contribution in [1.29, 1.82) is 0 Å². The first-order chi connectivity index (χ1) is 12.5. The van der Waals surface area contributed by atoms with Crippen molar-refractivity contribution in [3.05, 3.63) is 40.8 Å². The largest absolute Gasteiger partial charge is 0.504 e. The molecule has 0 radical (unpaired) electrons. The maximum absolute atomic E-state index is 12.1. The number of hydrogen-bond donors (Lipinski definition) is 1. The van der Waals surface area contributed by atoms with Crippen LogP contribution in [0.15, 0.2) is 39.5 Å². The number of hydrogen-bond acceptors (Lipinski definition) is 7. The Kier molecular flexibility index (Phi) is 4.62. The minimum Gasteiger partial charge on any atom is -0.504 e. The van der Waals surface area contributed by atoms with Crippen molar-refractivity contribution in [2.75, 3.05) is 28.4 Å². The molecule has 0 amide bonds. The van der Waals surface area contributed by atoms with E-state index in [2.05, 4.69) is 0 Å². The van der Waals surface area contributed by atoms with Gasteiger partial charge in [-0.05, 0) is 23.8 Å². The van der Waals surface area contributed by atoms with Gasteiger partial charge in [-0.2, -0.15) is 0 Å². The quantitative estimate of drug-likeness (QED) is 0.701. The van der Waals surface area contributed by atoms with E-state index in [1.807, 2.05) is 0 Å². The van der Waals surface area contributed by atoms with Crippen LogP contribution in [0.1, 0.15) is 0 Å². The molecule has 0 atom stereocenters. The van der Waals surface area contributed by atoms with Gasteiger partial charge in [-0.1, -0.05) is 6.07 Å². The molecule has 1 N–H and O–H groups in total. The van der Waals surface area contributed by atoms with E-state index in [1.54, 1.807) is 18.2 Å². The molecule has 1 aromatic heterocycles. The summed E-state index contributed by atoms with van der Waals surface area (Å²) in [6.45, 7) is 0. The molecule has 2 aromatic carbocycles. The lowest BCUT2D eigenvalue weighted by Gasteiger charge is -2.15. The topological polar surface area (TPSA) is 87.4 Å². The lowest BCUT2D eigenvalue weighted by Crippen LogP contribution is -2.02. The lowest BCUT2D eigenvalue weighted by atomic mass is 10.0. The molecule has 1 heterocycles. The smallest absolute Gasteiger partial charge is 0.336 e. The summed E-state index contributed by atoms with van der Waals surface area (Å²) in [6, 6.07) is 7.89. The fourth-order valence-corrected chi connectivity index (χ4v) is 2.85. The van der Waals surface area contributed by atoms with Gasteiger partial charge in [0, 0.05) is 17.0 Å². The Morgan fingerprint density at radius 2 is 1.54 bits per heavy atom. The van der Waals surface area contributed by atoms with Gasteiger partial charge in [0.15, 0.2) is 22.8 Å². The molecule has 0 aliphatic rings. The normalized spacial score (nSPS) is 10.6. The number of phenolic OH excluding ortho intramolecular Hbond substituents is 1. The summed E-state index contributed by atoms with van der Waals surface area (Å²) >= 11 is 0. The first-order valence-electron chi connectivity index (χ1n) is 7.68. The molecule has 0 bridgehead atoms. The fraction of sp³-hybridized carbons (Fsp3) is 0.211. The van der Waals surface area contributed by atoms with E-state index in [0.717, 1.165) is 0 Å². The minimum absolute atomic E-state index is 0.0427. The Hall–Kier alpha value is -3.35. The number of aromatic hydroxyl groups is 1. The zero-order chi connectivity index (χ0) is 18.8. The van der Waals surface area contributed by atoms with Gasteiger partial charge in [-0.25, -0.2) is 4.79 Å². The number of rotatable bonds is 5. The van der Waals surface area contributed by atoms with Crippen molar-refractivity contribution >= 4 is 11.0 Å². The summed E-state index contributed by atoms with van der Waals surface area (Å²) in [4.78, 5) is 12.1. The zero-order valence-corrected chi connectivity index (χ0v) is 14.8. The molecular weight excluding hydrogens is 340 g/mol. The Morgan fingerprint density at radius 3 is 2.12 bits per heavy atom. The Labute approximate surface area is 149 Å². The highest BCUT2D eigenvalue weighted by molar-refractivity contribution is 5.99. The van der Waals surface area contributed by atoms with Gasteiger partial charge in [-0.15, -0.1) is 0 Å². The molecular formula is C19H18O7. The molecule has 26 heavy (non-hydrogen) atoms. The van der Waals surface area contributed by atoms with E-state index in [1.165, 1.54) is 40.6 Å². The first-order valence-corrected chi connectivity index (χ1v) is 7.68. The van der Waals surface area contributed by atoms with Gasteiger partial charge in [0.2, 0.25) is 11.5 Å². The molecule has 3 aromatic rings. The van der Waals surface area contributed by atoms with E-state index in [4.69, 9.17) is 23.4 Å². The van der Waals surface area contributed by atoms with Crippen LogP contribution in [-0.2, 0) is 0 Å². The zero-order valence-electron chi connectivity index (χ0n) is 14.8. The third kappa shape index (κ3) is 2.77. The molecule has 0 aliphatic heterocycles. The predicted octanol–water partition coefficient (Wildman–Crippen LogP) is 3.20. The van der Waals surface area contributed by atoms with Crippen LogP contribution in [0, 0.1) is 0 Å². The SMILES string of the molecule is COc1ccc(-c2cc(=O)oc3c(OC)c(OC)c(OC)cc23)cc1O. The molecule has 7 heteroatoms. The van der Waals surface area contributed by atoms with Crippen molar-refractivity contribution in [2.45, 2.75) is 0 Å². The second-order valence-electron chi connectivity index (χ2n) is 5.39. The van der Waals surface area contributed by atoms with Crippen LogP contribution in [0.5, 0.6) is 28.7 Å². The van der Waals surface area contributed by atoms with Gasteiger partial charge in [-0.3, -0.25) is 0 Å². The summed E-state index contributed by atoms with van der Waals surface area (Å²) in [6.07, 6.45) is 0. The summed E-state index contributed by atoms with van der Waals surface area (Å²) in [5.41, 5.74) is 0.820. The third-order valence-corrected chi connectivity index (χ3v) is 4.03. The first kappa shape index (κ1) is 17.5. The summed E-state index contributed by atoms with van der Waals surface area (Å²) in [5, 5.41) is 10.7. The van der Waals surface area contributed by atoms with Crippen LogP contribution in [0.3, 0.4) is 0 Å². The maximum Gasteiger partial charge on any atom is 0.336 e. The number of ether oxygens (including phenoxy) is 4. The van der Waals surface area contributed by atoms with Crippen LogP contribution < -0.4 is 24.6 Å². The van der Waals surface area contributed by atoms with Gasteiger partial charge in [0.25, 0.3) is 0 Å². The number of phenols is 1. The Bertz CT molecular complexity index is 1020. The van der Waals surface area contributed by atoms with Crippen LogP contribution in [0.4, 0.5) is 0 Å². The molecule has 7 nitrogen and oxygen atoms in total. The summed E-state index contributed by atoms with van der Waals surface area (Å²) < 4.78 is 26.5. The molecule has 0 saturated carbocycles. The standard InChI is InChI=1S/C19H18O7/c1-22-14-6-5-10(7-13(14)20)11-9-16(21)26-17-12(11)8-15(23-2)18(24-3)19(17)25-4/h5-9,20H,1-4H3. The molecule has 0 spiro atoms. The van der Waals surface area contributed by atoms with E-state index in [0.29, 0.717) is 33.8 Å². The van der Waals surface area contributed by atoms with E-state index in [9.17, 15) is 9.90 Å². The number of fused-ring (bicyclic) bond motifs is 1. The lowest BCUT2D eigenvalue weighted by molar-refractivity contribution is 0.323. The van der Waals surface area contributed by atoms with Crippen molar-refractivity contribution in [3.63, 3.8) is 0 Å². The second kappa shape index (κ2) is 6.87. The summed E-state index contributed by atoms with van der Waals surface area (Å²) in [5.74, 6) is 1.28. The summed E-state index contributed by atoms with van der Waals surface area (Å²) in [7, 11) is 5.88. The highest BCUT2D eigenvalue weighted by Crippen LogP contribution is 2.45. The molecule has 0 fully saturated rings. The van der Waals surface area contributed by atoms with E-state index in [-0.39, 0.29) is 17.1 Å². The Balaban J connectivity index is 2.39. The van der Waals surface area contributed by atoms with Crippen LogP contribution in [-0.4, -0.2) is 33.5 Å². The average Bonchev–Trinajstić information content (AvgIpc) is 2.65. The molecule has 0 aliphatic carbocycles. The van der Waals surface area contributed by atoms with Gasteiger partial charge < -0.3 is 28.5 Å². The van der Waals surface area contributed by atoms with Crippen molar-refractivity contribution in [2.24, 2.45) is 0 Å². The third-order valence-electron chi connectivity index (χ3n) is 4.03. The minimum atomic E-state index is -0.562. The van der Waals surface area contributed by atoms with Crippen molar-refractivity contribution in [1.82, 2.24) is 0 Å². The highest BCUT2D eigenvalue weighted by atomic mass is 16.5. The number of methoxy groups -OCH3 is 4. The van der Waals surface area contributed by atoms with Gasteiger partial charge >= 0.3 is 5.63 Å². The fourth-order valence-electron chi connectivity index (χ4n) is 2.85. The van der Waals surface area contributed by atoms with Crippen molar-refractivity contribution in [3.8, 4) is 39.9 Å². The molecule has 0 saturated heterocycles. The van der Waals surface area contributed by atoms with E-state index >= 15 is 0 Å². The molecule has 3 rings (SSSR count). The van der Waals surface area contributed by atoms with E-state index < -0.39 is 5.63 Å². The highest BCUT2D eigenvalue weighted by Gasteiger charge is 2.21. The average molecular weight is 358 g/mol. The van der Waals surface area contributed by atoms with Gasteiger partial charge in [0.05, 0.1) is 28.4 Å². The van der Waals surface area contributed by atoms with Crippen molar-refractivity contribution < 1.29 is 28.5 Å². The molecule has 136 valence electrons. The van der Waals surface area contributed by atoms with Crippen LogP contribution >= 0.6 is 0 Å². The predicted molar refractivity (Wildman–Crippen MR) is 95.8 cm³/mol. The van der Waals surface area contributed by atoms with Crippen LogP contribution in [0.2, 0.25) is 0 Å². The Morgan fingerprint density at radius 1 is 0.846 bits per heavy atom. The maximum atomic E-state index is 12.1. The monoisotopic (exact) mass is 358 g/mol. The second-order valence-corrected chi connectivity index (χ2v) is 5.39. The van der Waals surface area contributed by atoms with Crippen LogP contribution in [0.25, 0.3) is 22.1 Å². The molecule has 0 unspecified atom stereocenters.